The molecule has 1 fully saturated rings. The van der Waals surface area contributed by atoms with Gasteiger partial charge in [0.05, 0.1) is 5.92 Å². The molecule has 10 heteroatoms. The van der Waals surface area contributed by atoms with Gasteiger partial charge in [-0.05, 0) is 37.7 Å². The minimum atomic E-state index is -4.18. The average Bonchev–Trinajstić information content (AvgIpc) is 3.13. The Labute approximate surface area is 147 Å². The lowest BCUT2D eigenvalue weighted by molar-refractivity contribution is -0.183. The number of hydrogen-bond acceptors (Lipinski definition) is 5. The topological polar surface area (TPSA) is 114 Å². The van der Waals surface area contributed by atoms with Gasteiger partial charge in [0.15, 0.2) is 5.71 Å². The zero-order chi connectivity index (χ0) is 19.3. The van der Waals surface area contributed by atoms with E-state index in [1.54, 1.807) is 6.07 Å². The monoisotopic (exact) mass is 371 g/mol. The van der Waals surface area contributed by atoms with E-state index in [1.807, 2.05) is 0 Å². The second-order valence-electron chi connectivity index (χ2n) is 6.23. The molecule has 1 aliphatic carbocycles. The largest absolute Gasteiger partial charge is 0.391 e. The summed E-state index contributed by atoms with van der Waals surface area (Å²) in [4.78, 5) is 23.8. The van der Waals surface area contributed by atoms with Gasteiger partial charge in [-0.2, -0.15) is 18.3 Å². The maximum absolute atomic E-state index is 12.6. The second kappa shape index (κ2) is 8.15. The number of hydrogen-bond donors (Lipinski definition) is 3. The molecule has 0 aliphatic heterocycles. The Morgan fingerprint density at radius 3 is 2.50 bits per heavy atom. The van der Waals surface area contributed by atoms with Crippen molar-refractivity contribution < 1.29 is 22.8 Å². The van der Waals surface area contributed by atoms with Crippen LogP contribution in [0.1, 0.15) is 25.7 Å². The van der Waals surface area contributed by atoms with Crippen molar-refractivity contribution >= 4 is 23.2 Å². The van der Waals surface area contributed by atoms with Crippen LogP contribution in [0.5, 0.6) is 0 Å². The lowest BCUT2D eigenvalue weighted by Gasteiger charge is -2.29. The highest BCUT2D eigenvalue weighted by atomic mass is 19.4. The summed E-state index contributed by atoms with van der Waals surface area (Å²) < 4.78 is 39.1. The Hall–Kier alpha value is -2.65. The predicted molar refractivity (Wildman–Crippen MR) is 87.9 cm³/mol. The molecule has 0 spiro atoms. The number of carbonyl (C=O) groups excluding carboxylic acids is 2. The Morgan fingerprint density at radius 2 is 1.96 bits per heavy atom. The molecule has 1 aromatic heterocycles. The predicted octanol–water partition coefficient (Wildman–Crippen LogP) is 1.71. The average molecular weight is 371 g/mol. The first kappa shape index (κ1) is 19.7. The molecule has 2 rings (SSSR count). The van der Waals surface area contributed by atoms with E-state index >= 15 is 0 Å². The molecule has 0 saturated heterocycles. The van der Waals surface area contributed by atoms with Crippen molar-refractivity contribution in [3.63, 3.8) is 0 Å². The van der Waals surface area contributed by atoms with E-state index in [0.29, 0.717) is 12.8 Å². The Bertz CT molecular complexity index is 689. The third-order valence-electron chi connectivity index (χ3n) is 4.38. The minimum Gasteiger partial charge on any atom is -0.384 e. The van der Waals surface area contributed by atoms with Gasteiger partial charge in [-0.3, -0.25) is 15.0 Å². The number of halogens is 3. The highest BCUT2D eigenvalue weighted by molar-refractivity contribution is 6.67. The van der Waals surface area contributed by atoms with Crippen LogP contribution in [0, 0.1) is 17.2 Å². The van der Waals surface area contributed by atoms with Gasteiger partial charge in [0, 0.05) is 25.0 Å². The summed E-state index contributed by atoms with van der Waals surface area (Å²) in [6.07, 6.45) is 0.451. The molecule has 1 aromatic rings. The summed E-state index contributed by atoms with van der Waals surface area (Å²) in [6.45, 7) is 0.136. The fourth-order valence-corrected chi connectivity index (χ4v) is 2.83. The number of carbonyl (C=O) groups is 2. The summed E-state index contributed by atoms with van der Waals surface area (Å²) in [6, 6.07) is 1.59. The first-order valence-electron chi connectivity index (χ1n) is 8.13. The van der Waals surface area contributed by atoms with Crippen molar-refractivity contribution in [1.29, 1.82) is 5.41 Å². The zero-order valence-electron chi connectivity index (χ0n) is 13.9. The van der Waals surface area contributed by atoms with Crippen LogP contribution >= 0.6 is 0 Å². The fourth-order valence-electron chi connectivity index (χ4n) is 2.83. The first-order valence-corrected chi connectivity index (χ1v) is 8.13. The standard InChI is InChI=1S/C16H20F3N5O2/c17-16(18,19)11-4-2-10(3-5-11)9-22-15(26)14(21)12(25)8-13(20)24-7-1-6-23-24/h1,6-8,10-11,21H,2-5,9,20H2,(H,22,26)/b13-8+,21-14?. The van der Waals surface area contributed by atoms with E-state index in [0.717, 1.165) is 6.08 Å². The number of aromatic nitrogens is 2. The molecule has 142 valence electrons. The molecule has 26 heavy (non-hydrogen) atoms. The van der Waals surface area contributed by atoms with Gasteiger partial charge in [0.1, 0.15) is 5.82 Å². The minimum absolute atomic E-state index is 0.0313. The van der Waals surface area contributed by atoms with Gasteiger partial charge in [-0.25, -0.2) is 4.68 Å². The van der Waals surface area contributed by atoms with Crippen LogP contribution in [-0.2, 0) is 9.59 Å². The number of alkyl halides is 3. The lowest BCUT2D eigenvalue weighted by atomic mass is 9.81. The van der Waals surface area contributed by atoms with Crippen LogP contribution in [0.2, 0.25) is 0 Å². The van der Waals surface area contributed by atoms with Crippen LogP contribution in [0.25, 0.3) is 5.82 Å². The van der Waals surface area contributed by atoms with Gasteiger partial charge in [0.2, 0.25) is 5.78 Å². The third-order valence-corrected chi connectivity index (χ3v) is 4.38. The molecular formula is C16H20F3N5O2. The summed E-state index contributed by atoms with van der Waals surface area (Å²) in [5, 5.41) is 13.9. The Morgan fingerprint density at radius 1 is 1.31 bits per heavy atom. The second-order valence-corrected chi connectivity index (χ2v) is 6.23. The maximum Gasteiger partial charge on any atom is 0.391 e. The molecule has 1 aliphatic rings. The SMILES string of the molecule is N=C(C(=O)/C=C(\N)n1cccn1)C(=O)NCC1CCC(C(F)(F)F)CC1. The molecule has 1 amide bonds. The van der Waals surface area contributed by atoms with Crippen molar-refractivity contribution in [2.75, 3.05) is 6.54 Å². The van der Waals surface area contributed by atoms with Crippen molar-refractivity contribution in [3.8, 4) is 0 Å². The number of nitrogens with zero attached hydrogens (tertiary/aromatic N) is 2. The summed E-state index contributed by atoms with van der Waals surface area (Å²) >= 11 is 0. The van der Waals surface area contributed by atoms with Crippen molar-refractivity contribution in [2.45, 2.75) is 31.9 Å². The first-order chi connectivity index (χ1) is 12.2. The van der Waals surface area contributed by atoms with Gasteiger partial charge >= 0.3 is 6.18 Å². The Kier molecular flexibility index (Phi) is 6.17. The summed E-state index contributed by atoms with van der Waals surface area (Å²) in [5.41, 5.74) is 4.85. The molecular weight excluding hydrogens is 351 g/mol. The molecule has 0 radical (unpaired) electrons. The zero-order valence-corrected chi connectivity index (χ0v) is 13.9. The Balaban J connectivity index is 1.80. The highest BCUT2D eigenvalue weighted by Crippen LogP contribution is 2.39. The maximum atomic E-state index is 12.6. The van der Waals surface area contributed by atoms with Gasteiger partial charge in [-0.1, -0.05) is 0 Å². The molecule has 0 unspecified atom stereocenters. The number of ketones is 1. The fraction of sp³-hybridized carbons (Fsp3) is 0.500. The van der Waals surface area contributed by atoms with Gasteiger partial charge < -0.3 is 11.1 Å². The van der Waals surface area contributed by atoms with E-state index in [2.05, 4.69) is 10.4 Å². The quantitative estimate of drug-likeness (QED) is 0.401. The van der Waals surface area contributed by atoms with Crippen molar-refractivity contribution in [3.05, 3.63) is 24.5 Å². The third kappa shape index (κ3) is 5.17. The van der Waals surface area contributed by atoms with Crippen LogP contribution < -0.4 is 11.1 Å². The molecule has 0 aromatic carbocycles. The van der Waals surface area contributed by atoms with E-state index in [-0.39, 0.29) is 31.1 Å². The van der Waals surface area contributed by atoms with Crippen molar-refractivity contribution in [1.82, 2.24) is 15.1 Å². The smallest absolute Gasteiger partial charge is 0.384 e. The number of rotatable bonds is 6. The van der Waals surface area contributed by atoms with E-state index in [9.17, 15) is 22.8 Å². The van der Waals surface area contributed by atoms with Crippen LogP contribution in [0.15, 0.2) is 24.5 Å². The number of nitrogens with two attached hydrogens (primary N) is 1. The number of amides is 1. The van der Waals surface area contributed by atoms with E-state index in [4.69, 9.17) is 11.1 Å². The number of allylic oxidation sites excluding steroid dienone is 1. The molecule has 1 saturated carbocycles. The van der Waals surface area contributed by atoms with E-state index < -0.39 is 29.5 Å². The van der Waals surface area contributed by atoms with E-state index in [1.165, 1.54) is 17.1 Å². The highest BCUT2D eigenvalue weighted by Gasteiger charge is 2.41. The van der Waals surface area contributed by atoms with Crippen LogP contribution in [0.4, 0.5) is 13.2 Å². The summed E-state index contributed by atoms with van der Waals surface area (Å²) in [5.74, 6) is -3.17. The molecule has 0 bridgehead atoms. The lowest BCUT2D eigenvalue weighted by Crippen LogP contribution is -2.39. The molecule has 4 N–H and O–H groups in total. The number of nitrogens with one attached hydrogen (secondary N) is 2. The molecule has 1 heterocycles. The van der Waals surface area contributed by atoms with Crippen molar-refractivity contribution in [2.24, 2.45) is 17.6 Å². The van der Waals surface area contributed by atoms with Crippen LogP contribution in [0.3, 0.4) is 0 Å². The normalized spacial score (nSPS) is 21.3. The van der Waals surface area contributed by atoms with Gasteiger partial charge in [-0.15, -0.1) is 0 Å². The summed E-state index contributed by atoms with van der Waals surface area (Å²) in [7, 11) is 0. The molecule has 0 atom stereocenters. The van der Waals surface area contributed by atoms with Crippen LogP contribution in [-0.4, -0.2) is 39.9 Å². The van der Waals surface area contributed by atoms with Gasteiger partial charge in [0.25, 0.3) is 5.91 Å². The molecule has 7 nitrogen and oxygen atoms in total.